The van der Waals surface area contributed by atoms with Crippen molar-refractivity contribution in [1.82, 2.24) is 9.97 Å². The number of rotatable bonds is 2. The van der Waals surface area contributed by atoms with Gasteiger partial charge in [-0.2, -0.15) is 4.98 Å². The van der Waals surface area contributed by atoms with Crippen LogP contribution in [0.25, 0.3) is 11.0 Å². The Morgan fingerprint density at radius 1 is 1.26 bits per heavy atom. The van der Waals surface area contributed by atoms with Crippen LogP contribution in [0.5, 0.6) is 6.01 Å². The standard InChI is InChI=1S/C14H18FN3O/c15-9-6-7-11-12(8-9)18-14(17-11)19-13-5-3-1-2-4-10(13)16/h6-8,10,13H,1-5,16H2,(H,17,18). The second-order valence-corrected chi connectivity index (χ2v) is 5.16. The number of imidazole rings is 1. The SMILES string of the molecule is NC1CCCCCC1Oc1nc2ccc(F)cc2[nH]1. The van der Waals surface area contributed by atoms with Crippen molar-refractivity contribution in [1.29, 1.82) is 0 Å². The molecule has 4 nitrogen and oxygen atoms in total. The van der Waals surface area contributed by atoms with Crippen molar-refractivity contribution in [3.8, 4) is 6.01 Å². The van der Waals surface area contributed by atoms with Crippen molar-refractivity contribution < 1.29 is 9.13 Å². The molecule has 0 bridgehead atoms. The van der Waals surface area contributed by atoms with E-state index in [4.69, 9.17) is 10.5 Å². The lowest BCUT2D eigenvalue weighted by Gasteiger charge is -2.20. The van der Waals surface area contributed by atoms with Crippen LogP contribution in [0.4, 0.5) is 4.39 Å². The second kappa shape index (κ2) is 5.17. The molecule has 1 fully saturated rings. The lowest BCUT2D eigenvalue weighted by atomic mass is 10.1. The normalized spacial score (nSPS) is 24.3. The smallest absolute Gasteiger partial charge is 0.294 e. The van der Waals surface area contributed by atoms with Gasteiger partial charge in [0.2, 0.25) is 0 Å². The lowest BCUT2D eigenvalue weighted by Crippen LogP contribution is -2.38. The molecular weight excluding hydrogens is 245 g/mol. The molecule has 0 saturated heterocycles. The number of nitrogens with zero attached hydrogens (tertiary/aromatic N) is 1. The Hall–Kier alpha value is -1.62. The van der Waals surface area contributed by atoms with Gasteiger partial charge in [-0.05, 0) is 37.5 Å². The quantitative estimate of drug-likeness (QED) is 0.819. The van der Waals surface area contributed by atoms with Gasteiger partial charge in [-0.1, -0.05) is 12.8 Å². The highest BCUT2D eigenvalue weighted by Crippen LogP contribution is 2.23. The molecule has 1 aromatic carbocycles. The molecule has 2 atom stereocenters. The molecule has 5 heteroatoms. The summed E-state index contributed by atoms with van der Waals surface area (Å²) in [7, 11) is 0. The maximum absolute atomic E-state index is 13.1. The fraction of sp³-hybridized carbons (Fsp3) is 0.500. The van der Waals surface area contributed by atoms with Crippen LogP contribution < -0.4 is 10.5 Å². The summed E-state index contributed by atoms with van der Waals surface area (Å²) in [5.41, 5.74) is 7.48. The summed E-state index contributed by atoms with van der Waals surface area (Å²) in [6.07, 6.45) is 5.43. The number of ether oxygens (including phenoxy) is 1. The number of halogens is 1. The molecule has 2 unspecified atom stereocenters. The summed E-state index contributed by atoms with van der Waals surface area (Å²) >= 11 is 0. The fourth-order valence-corrected chi connectivity index (χ4v) is 2.61. The molecule has 3 N–H and O–H groups in total. The van der Waals surface area contributed by atoms with Crippen molar-refractivity contribution in [2.75, 3.05) is 0 Å². The molecule has 3 rings (SSSR count). The van der Waals surface area contributed by atoms with Crippen molar-refractivity contribution in [2.24, 2.45) is 5.73 Å². The zero-order valence-corrected chi connectivity index (χ0v) is 10.7. The number of nitrogens with one attached hydrogen (secondary N) is 1. The maximum atomic E-state index is 13.1. The third-order valence-corrected chi connectivity index (χ3v) is 3.69. The van der Waals surface area contributed by atoms with Gasteiger partial charge in [0.05, 0.1) is 11.0 Å². The minimum Gasteiger partial charge on any atom is -0.460 e. The Morgan fingerprint density at radius 3 is 3.00 bits per heavy atom. The van der Waals surface area contributed by atoms with Crippen LogP contribution in [-0.2, 0) is 0 Å². The highest BCUT2D eigenvalue weighted by molar-refractivity contribution is 5.75. The molecule has 1 heterocycles. The van der Waals surface area contributed by atoms with E-state index in [0.717, 1.165) is 25.7 Å². The predicted octanol–water partition coefficient (Wildman–Crippen LogP) is 2.74. The van der Waals surface area contributed by atoms with Crippen molar-refractivity contribution >= 4 is 11.0 Å². The van der Waals surface area contributed by atoms with Gasteiger partial charge in [-0.3, -0.25) is 0 Å². The van der Waals surface area contributed by atoms with Gasteiger partial charge < -0.3 is 15.5 Å². The molecule has 1 aliphatic rings. The van der Waals surface area contributed by atoms with Crippen molar-refractivity contribution in [2.45, 2.75) is 44.2 Å². The Labute approximate surface area is 111 Å². The van der Waals surface area contributed by atoms with Gasteiger partial charge in [0.1, 0.15) is 11.9 Å². The fourth-order valence-electron chi connectivity index (χ4n) is 2.61. The largest absolute Gasteiger partial charge is 0.460 e. The van der Waals surface area contributed by atoms with E-state index < -0.39 is 0 Å². The first kappa shape index (κ1) is 12.4. The van der Waals surface area contributed by atoms with E-state index in [1.54, 1.807) is 6.07 Å². The van der Waals surface area contributed by atoms with E-state index in [9.17, 15) is 4.39 Å². The monoisotopic (exact) mass is 263 g/mol. The predicted molar refractivity (Wildman–Crippen MR) is 71.5 cm³/mol. The minimum absolute atomic E-state index is 0.00657. The zero-order valence-electron chi connectivity index (χ0n) is 10.7. The summed E-state index contributed by atoms with van der Waals surface area (Å²) in [5.74, 6) is -0.283. The molecule has 0 radical (unpaired) electrons. The van der Waals surface area contributed by atoms with Crippen LogP contribution in [0.2, 0.25) is 0 Å². The molecule has 102 valence electrons. The number of aromatic nitrogens is 2. The molecule has 1 aromatic heterocycles. The summed E-state index contributed by atoms with van der Waals surface area (Å²) < 4.78 is 19.0. The van der Waals surface area contributed by atoms with E-state index in [1.165, 1.54) is 18.6 Å². The highest BCUT2D eigenvalue weighted by Gasteiger charge is 2.23. The van der Waals surface area contributed by atoms with Gasteiger partial charge in [0, 0.05) is 6.04 Å². The van der Waals surface area contributed by atoms with Gasteiger partial charge >= 0.3 is 0 Å². The van der Waals surface area contributed by atoms with Crippen molar-refractivity contribution in [3.63, 3.8) is 0 Å². The number of H-pyrrole nitrogens is 1. The van der Waals surface area contributed by atoms with Gasteiger partial charge in [-0.15, -0.1) is 0 Å². The van der Waals surface area contributed by atoms with Crippen LogP contribution in [0.1, 0.15) is 32.1 Å². The summed E-state index contributed by atoms with van der Waals surface area (Å²) in [6.45, 7) is 0. The highest BCUT2D eigenvalue weighted by atomic mass is 19.1. The molecule has 1 aliphatic carbocycles. The lowest BCUT2D eigenvalue weighted by molar-refractivity contribution is 0.151. The number of nitrogens with two attached hydrogens (primary N) is 1. The van der Waals surface area contributed by atoms with E-state index >= 15 is 0 Å². The van der Waals surface area contributed by atoms with Gasteiger partial charge in [-0.25, -0.2) is 4.39 Å². The number of benzene rings is 1. The number of hydrogen-bond acceptors (Lipinski definition) is 3. The maximum Gasteiger partial charge on any atom is 0.294 e. The Bertz CT molecular complexity index is 569. The van der Waals surface area contributed by atoms with E-state index in [0.29, 0.717) is 17.0 Å². The van der Waals surface area contributed by atoms with E-state index in [-0.39, 0.29) is 18.0 Å². The van der Waals surface area contributed by atoms with Crippen LogP contribution in [0.15, 0.2) is 18.2 Å². The second-order valence-electron chi connectivity index (χ2n) is 5.16. The summed E-state index contributed by atoms with van der Waals surface area (Å²) in [4.78, 5) is 7.31. The van der Waals surface area contributed by atoms with Crippen LogP contribution >= 0.6 is 0 Å². The average molecular weight is 263 g/mol. The van der Waals surface area contributed by atoms with Crippen LogP contribution in [-0.4, -0.2) is 22.1 Å². The molecule has 1 saturated carbocycles. The first-order valence-corrected chi connectivity index (χ1v) is 6.80. The third kappa shape index (κ3) is 2.71. The zero-order chi connectivity index (χ0) is 13.2. The number of fused-ring (bicyclic) bond motifs is 1. The molecule has 0 amide bonds. The molecular formula is C14H18FN3O. The first-order chi connectivity index (χ1) is 9.22. The Balaban J connectivity index is 1.80. The molecule has 2 aromatic rings. The Morgan fingerprint density at radius 2 is 2.11 bits per heavy atom. The first-order valence-electron chi connectivity index (χ1n) is 6.80. The number of aromatic amines is 1. The average Bonchev–Trinajstić information content (AvgIpc) is 2.66. The van der Waals surface area contributed by atoms with E-state index in [1.807, 2.05) is 0 Å². The van der Waals surface area contributed by atoms with Gasteiger partial charge in [0.25, 0.3) is 6.01 Å². The topological polar surface area (TPSA) is 63.9 Å². The van der Waals surface area contributed by atoms with E-state index in [2.05, 4.69) is 9.97 Å². The van der Waals surface area contributed by atoms with Crippen LogP contribution in [0.3, 0.4) is 0 Å². The Kier molecular flexibility index (Phi) is 3.38. The van der Waals surface area contributed by atoms with Crippen molar-refractivity contribution in [3.05, 3.63) is 24.0 Å². The molecule has 0 spiro atoms. The third-order valence-electron chi connectivity index (χ3n) is 3.69. The van der Waals surface area contributed by atoms with Gasteiger partial charge in [0.15, 0.2) is 0 Å². The number of hydrogen-bond donors (Lipinski definition) is 2. The summed E-state index contributed by atoms with van der Waals surface area (Å²) in [6, 6.07) is 4.93. The minimum atomic E-state index is -0.283. The summed E-state index contributed by atoms with van der Waals surface area (Å²) in [5, 5.41) is 0. The molecule has 19 heavy (non-hydrogen) atoms. The molecule has 0 aliphatic heterocycles. The van der Waals surface area contributed by atoms with Crippen LogP contribution in [0, 0.1) is 5.82 Å².